The second-order valence-corrected chi connectivity index (χ2v) is 8.89. The summed E-state index contributed by atoms with van der Waals surface area (Å²) in [6.45, 7) is 0.664. The lowest BCUT2D eigenvalue weighted by Gasteiger charge is -2.18. The number of aromatic nitrogens is 1. The third kappa shape index (κ3) is 4.95. The van der Waals surface area contributed by atoms with Gasteiger partial charge in [-0.25, -0.2) is 4.68 Å². The number of hydrogen-bond acceptors (Lipinski definition) is 5. The Bertz CT molecular complexity index is 1430. The van der Waals surface area contributed by atoms with Crippen molar-refractivity contribution in [3.05, 3.63) is 99.1 Å². The number of anilines is 1. The van der Waals surface area contributed by atoms with Crippen LogP contribution in [0, 0.1) is 0 Å². The normalized spacial score (nSPS) is 13.6. The molecule has 4 aromatic rings. The van der Waals surface area contributed by atoms with Gasteiger partial charge in [0.05, 0.1) is 17.6 Å². The van der Waals surface area contributed by atoms with Gasteiger partial charge in [-0.3, -0.25) is 9.79 Å². The number of carbonyl (C=O) groups excluding carboxylic acids is 1. The molecule has 8 heteroatoms. The van der Waals surface area contributed by atoms with Gasteiger partial charge in [-0.05, 0) is 36.2 Å². The molecule has 0 unspecified atom stereocenters. The zero-order valence-electron chi connectivity index (χ0n) is 18.1. The van der Waals surface area contributed by atoms with Gasteiger partial charge in [0.25, 0.3) is 5.91 Å². The Labute approximate surface area is 205 Å². The highest BCUT2D eigenvalue weighted by molar-refractivity contribution is 7.07. The lowest BCUT2D eigenvalue weighted by Crippen LogP contribution is -2.25. The van der Waals surface area contributed by atoms with Crippen molar-refractivity contribution in [2.75, 3.05) is 18.5 Å². The third-order valence-corrected chi connectivity index (χ3v) is 6.50. The second-order valence-electron chi connectivity index (χ2n) is 7.65. The Kier molecular flexibility index (Phi) is 6.56. The van der Waals surface area contributed by atoms with Gasteiger partial charge in [0.2, 0.25) is 4.80 Å². The number of ether oxygens (including phenoxy) is 1. The Morgan fingerprint density at radius 3 is 2.76 bits per heavy atom. The van der Waals surface area contributed by atoms with E-state index in [1.807, 2.05) is 70.7 Å². The number of carbonyl (C=O) groups is 1. The first-order valence-electron chi connectivity index (χ1n) is 10.8. The summed E-state index contributed by atoms with van der Waals surface area (Å²) < 4.78 is 7.31. The van der Waals surface area contributed by atoms with Crippen LogP contribution in [0.2, 0.25) is 5.02 Å². The molecule has 1 aliphatic rings. The Morgan fingerprint density at radius 2 is 1.91 bits per heavy atom. The van der Waals surface area contributed by atoms with Crippen molar-refractivity contribution >= 4 is 40.7 Å². The predicted octanol–water partition coefficient (Wildman–Crippen LogP) is 5.23. The molecular formula is C26H21ClN4O2S. The molecule has 0 bridgehead atoms. The molecule has 0 atom stereocenters. The lowest BCUT2D eigenvalue weighted by atomic mass is 10.1. The van der Waals surface area contributed by atoms with E-state index in [1.165, 1.54) is 16.9 Å². The fraction of sp³-hybridized carbons (Fsp3) is 0.115. The first-order valence-corrected chi connectivity index (χ1v) is 12.0. The van der Waals surface area contributed by atoms with E-state index >= 15 is 0 Å². The fourth-order valence-corrected chi connectivity index (χ4v) is 4.63. The summed E-state index contributed by atoms with van der Waals surface area (Å²) in [7, 11) is 0. The van der Waals surface area contributed by atoms with E-state index in [9.17, 15) is 4.79 Å². The smallest absolute Gasteiger partial charge is 0.262 e. The van der Waals surface area contributed by atoms with Crippen LogP contribution in [-0.4, -0.2) is 29.9 Å². The van der Waals surface area contributed by atoms with E-state index in [2.05, 4.69) is 17.4 Å². The standard InChI is InChI=1S/C26H21ClN4O2S/c27-21-9-5-4-8-20(21)15-29-31-23(19-10-11-24-22(14-19)30-25(32)16-33-24)17-34-26(31)28-13-12-18-6-2-1-3-7-18/h1-11,14-15,17H,12-13,16H2,(H,30,32). The molecule has 1 aliphatic heterocycles. The van der Waals surface area contributed by atoms with E-state index in [-0.39, 0.29) is 12.5 Å². The SMILES string of the molecule is O=C1COc2ccc(-c3csc(=NCCc4ccccc4)n3N=Cc3ccccc3Cl)cc2N1. The Morgan fingerprint density at radius 1 is 1.09 bits per heavy atom. The van der Waals surface area contributed by atoms with Crippen LogP contribution in [0.25, 0.3) is 11.3 Å². The lowest BCUT2D eigenvalue weighted by molar-refractivity contribution is -0.118. The maximum atomic E-state index is 11.8. The maximum Gasteiger partial charge on any atom is 0.262 e. The zero-order valence-corrected chi connectivity index (χ0v) is 19.7. The molecule has 0 aliphatic carbocycles. The van der Waals surface area contributed by atoms with E-state index in [0.29, 0.717) is 23.0 Å². The van der Waals surface area contributed by atoms with Crippen LogP contribution in [0.4, 0.5) is 5.69 Å². The van der Waals surface area contributed by atoms with Gasteiger partial charge in [-0.1, -0.05) is 60.1 Å². The van der Waals surface area contributed by atoms with Crippen molar-refractivity contribution in [3.63, 3.8) is 0 Å². The molecule has 170 valence electrons. The molecule has 0 radical (unpaired) electrons. The van der Waals surface area contributed by atoms with Gasteiger partial charge in [0, 0.05) is 28.1 Å². The van der Waals surface area contributed by atoms with E-state index in [1.54, 1.807) is 6.21 Å². The number of hydrogen-bond donors (Lipinski definition) is 1. The summed E-state index contributed by atoms with van der Waals surface area (Å²) in [6, 6.07) is 23.5. The summed E-state index contributed by atoms with van der Waals surface area (Å²) in [5.41, 5.74) is 4.44. The average Bonchev–Trinajstić information content (AvgIpc) is 3.26. The molecule has 1 amide bonds. The van der Waals surface area contributed by atoms with Gasteiger partial charge in [0.15, 0.2) is 6.61 Å². The van der Waals surface area contributed by atoms with E-state index in [4.69, 9.17) is 26.4 Å². The van der Waals surface area contributed by atoms with Crippen molar-refractivity contribution < 1.29 is 9.53 Å². The monoisotopic (exact) mass is 488 g/mol. The van der Waals surface area contributed by atoms with Crippen LogP contribution in [0.3, 0.4) is 0 Å². The van der Waals surface area contributed by atoms with E-state index < -0.39 is 0 Å². The predicted molar refractivity (Wildman–Crippen MR) is 137 cm³/mol. The average molecular weight is 489 g/mol. The maximum absolute atomic E-state index is 11.8. The summed E-state index contributed by atoms with van der Waals surface area (Å²) in [5.74, 6) is 0.480. The molecule has 1 N–H and O–H groups in total. The largest absolute Gasteiger partial charge is 0.482 e. The highest BCUT2D eigenvalue weighted by atomic mass is 35.5. The van der Waals surface area contributed by atoms with Crippen LogP contribution in [0.15, 0.2) is 88.3 Å². The van der Waals surface area contributed by atoms with Gasteiger partial charge in [-0.2, -0.15) is 5.10 Å². The molecule has 2 heterocycles. The van der Waals surface area contributed by atoms with Gasteiger partial charge in [0.1, 0.15) is 5.75 Å². The van der Waals surface area contributed by atoms with Crippen LogP contribution in [-0.2, 0) is 11.2 Å². The molecular weight excluding hydrogens is 468 g/mol. The van der Waals surface area contributed by atoms with Crippen LogP contribution in [0.5, 0.6) is 5.75 Å². The number of amides is 1. The van der Waals surface area contributed by atoms with Crippen molar-refractivity contribution in [2.45, 2.75) is 6.42 Å². The fourth-order valence-electron chi connectivity index (χ4n) is 3.59. The zero-order chi connectivity index (χ0) is 23.3. The highest BCUT2D eigenvalue weighted by Crippen LogP contribution is 2.33. The van der Waals surface area contributed by atoms with Crippen LogP contribution >= 0.6 is 22.9 Å². The van der Waals surface area contributed by atoms with Crippen LogP contribution in [0.1, 0.15) is 11.1 Å². The first kappa shape index (κ1) is 22.1. The number of fused-ring (bicyclic) bond motifs is 1. The van der Waals surface area contributed by atoms with Crippen molar-refractivity contribution in [2.24, 2.45) is 10.1 Å². The van der Waals surface area contributed by atoms with Gasteiger partial charge < -0.3 is 10.1 Å². The second kappa shape index (κ2) is 10.1. The molecule has 0 spiro atoms. The number of halogens is 1. The molecule has 0 fully saturated rings. The Balaban J connectivity index is 1.52. The molecule has 3 aromatic carbocycles. The van der Waals surface area contributed by atoms with Crippen molar-refractivity contribution in [1.29, 1.82) is 0 Å². The summed E-state index contributed by atoms with van der Waals surface area (Å²) in [5, 5.41) is 10.2. The minimum atomic E-state index is -0.170. The van der Waals surface area contributed by atoms with Crippen molar-refractivity contribution in [3.8, 4) is 17.0 Å². The number of rotatable bonds is 6. The third-order valence-electron chi connectivity index (χ3n) is 5.30. The molecule has 34 heavy (non-hydrogen) atoms. The van der Waals surface area contributed by atoms with E-state index in [0.717, 1.165) is 28.0 Å². The van der Waals surface area contributed by atoms with Gasteiger partial charge in [-0.15, -0.1) is 11.3 Å². The van der Waals surface area contributed by atoms with Crippen LogP contribution < -0.4 is 14.9 Å². The number of nitrogens with one attached hydrogen (secondary N) is 1. The summed E-state index contributed by atoms with van der Waals surface area (Å²) in [6.07, 6.45) is 2.57. The van der Waals surface area contributed by atoms with Gasteiger partial charge >= 0.3 is 0 Å². The number of benzene rings is 3. The summed E-state index contributed by atoms with van der Waals surface area (Å²) in [4.78, 5) is 17.4. The number of thiazole rings is 1. The minimum absolute atomic E-state index is 0.0252. The molecule has 0 saturated heterocycles. The molecule has 6 nitrogen and oxygen atoms in total. The first-order chi connectivity index (χ1) is 16.7. The Hall–Kier alpha value is -3.68. The quantitative estimate of drug-likeness (QED) is 0.378. The molecule has 5 rings (SSSR count). The molecule has 1 aromatic heterocycles. The topological polar surface area (TPSA) is 68.0 Å². The van der Waals surface area contributed by atoms with Crippen molar-refractivity contribution in [1.82, 2.24) is 4.68 Å². The number of nitrogens with zero attached hydrogens (tertiary/aromatic N) is 3. The minimum Gasteiger partial charge on any atom is -0.482 e. The molecule has 0 saturated carbocycles. The highest BCUT2D eigenvalue weighted by Gasteiger charge is 2.17. The summed E-state index contributed by atoms with van der Waals surface area (Å²) >= 11 is 7.84.